The number of alkyl halides is 3. The van der Waals surface area contributed by atoms with Crippen molar-refractivity contribution in [1.82, 2.24) is 9.62 Å². The maximum Gasteiger partial charge on any atom is 0.471 e. The summed E-state index contributed by atoms with van der Waals surface area (Å²) in [6.07, 6.45) is -4.69. The first-order valence-corrected chi connectivity index (χ1v) is 9.19. The molecule has 10 heteroatoms. The normalized spacial score (nSPS) is 17.3. The Morgan fingerprint density at radius 3 is 2.28 bits per heavy atom. The molecule has 2 rings (SSSR count). The highest BCUT2D eigenvalue weighted by Gasteiger charge is 2.40. The molecule has 0 radical (unpaired) electrons. The molecule has 1 heterocycles. The molecule has 140 valence electrons. The average Bonchev–Trinajstić information content (AvgIpc) is 2.55. The number of nitrogens with one attached hydrogen (secondary N) is 1. The second kappa shape index (κ2) is 7.61. The lowest BCUT2D eigenvalue weighted by molar-refractivity contribution is -0.174. The van der Waals surface area contributed by atoms with Crippen LogP contribution in [0.2, 0.25) is 0 Å². The SMILES string of the molecule is CCOc1ccc(S(=O)(=O)N2CCC(NC(=O)C(F)(F)F)CC2)cc1. The molecule has 0 spiro atoms. The first kappa shape index (κ1) is 19.5. The summed E-state index contributed by atoms with van der Waals surface area (Å²) < 4.78 is 68.3. The van der Waals surface area contributed by atoms with E-state index in [1.807, 2.05) is 12.2 Å². The van der Waals surface area contributed by atoms with E-state index in [9.17, 15) is 26.4 Å². The Hall–Kier alpha value is -1.81. The zero-order valence-electron chi connectivity index (χ0n) is 13.5. The molecule has 25 heavy (non-hydrogen) atoms. The molecular formula is C15H19F3N2O4S. The predicted molar refractivity (Wildman–Crippen MR) is 83.6 cm³/mol. The van der Waals surface area contributed by atoms with Gasteiger partial charge < -0.3 is 10.1 Å². The van der Waals surface area contributed by atoms with Gasteiger partial charge in [-0.25, -0.2) is 8.42 Å². The minimum Gasteiger partial charge on any atom is -0.494 e. The van der Waals surface area contributed by atoms with E-state index in [1.165, 1.54) is 16.4 Å². The van der Waals surface area contributed by atoms with E-state index in [2.05, 4.69) is 0 Å². The molecule has 0 atom stereocenters. The summed E-state index contributed by atoms with van der Waals surface area (Å²) in [6, 6.07) is 5.26. The van der Waals surface area contributed by atoms with Crippen LogP contribution in [0, 0.1) is 0 Å². The van der Waals surface area contributed by atoms with Crippen LogP contribution in [0.3, 0.4) is 0 Å². The van der Waals surface area contributed by atoms with Crippen molar-refractivity contribution in [1.29, 1.82) is 0 Å². The van der Waals surface area contributed by atoms with E-state index < -0.39 is 28.1 Å². The third kappa shape index (κ3) is 4.85. The fourth-order valence-electron chi connectivity index (χ4n) is 2.53. The number of halogens is 3. The fraction of sp³-hybridized carbons (Fsp3) is 0.533. The predicted octanol–water partition coefficient (Wildman–Crippen LogP) is 1.92. The smallest absolute Gasteiger partial charge is 0.471 e. The van der Waals surface area contributed by atoms with E-state index in [0.29, 0.717) is 12.4 Å². The number of hydrogen-bond acceptors (Lipinski definition) is 4. The number of ether oxygens (including phenoxy) is 1. The third-order valence-corrected chi connectivity index (χ3v) is 5.73. The number of sulfonamides is 1. The van der Waals surface area contributed by atoms with Gasteiger partial charge in [0.25, 0.3) is 0 Å². The van der Waals surface area contributed by atoms with E-state index in [-0.39, 0.29) is 30.8 Å². The first-order chi connectivity index (χ1) is 11.6. The number of rotatable bonds is 5. The highest BCUT2D eigenvalue weighted by Crippen LogP contribution is 2.23. The van der Waals surface area contributed by atoms with Crippen molar-refractivity contribution in [3.63, 3.8) is 0 Å². The van der Waals surface area contributed by atoms with Gasteiger partial charge >= 0.3 is 12.1 Å². The lowest BCUT2D eigenvalue weighted by Crippen LogP contribution is -2.49. The van der Waals surface area contributed by atoms with Gasteiger partial charge in [-0.2, -0.15) is 17.5 Å². The number of piperidine rings is 1. The maximum absolute atomic E-state index is 12.6. The molecule has 1 saturated heterocycles. The lowest BCUT2D eigenvalue weighted by atomic mass is 10.1. The number of hydrogen-bond donors (Lipinski definition) is 1. The van der Waals surface area contributed by atoms with Gasteiger partial charge in [-0.15, -0.1) is 0 Å². The van der Waals surface area contributed by atoms with Crippen molar-refractivity contribution >= 4 is 15.9 Å². The van der Waals surface area contributed by atoms with Gasteiger partial charge in [0.15, 0.2) is 0 Å². The van der Waals surface area contributed by atoms with Crippen molar-refractivity contribution in [3.05, 3.63) is 24.3 Å². The van der Waals surface area contributed by atoms with Gasteiger partial charge in [0.2, 0.25) is 10.0 Å². The monoisotopic (exact) mass is 380 g/mol. The molecule has 1 fully saturated rings. The molecular weight excluding hydrogens is 361 g/mol. The summed E-state index contributed by atoms with van der Waals surface area (Å²) in [5.41, 5.74) is 0. The number of carbonyl (C=O) groups is 1. The maximum atomic E-state index is 12.6. The van der Waals surface area contributed by atoms with Crippen molar-refractivity contribution in [3.8, 4) is 5.75 Å². The van der Waals surface area contributed by atoms with Crippen LogP contribution in [0.1, 0.15) is 19.8 Å². The van der Waals surface area contributed by atoms with E-state index >= 15 is 0 Å². The highest BCUT2D eigenvalue weighted by atomic mass is 32.2. The van der Waals surface area contributed by atoms with Gasteiger partial charge in [-0.1, -0.05) is 0 Å². The first-order valence-electron chi connectivity index (χ1n) is 7.75. The van der Waals surface area contributed by atoms with Crippen LogP contribution in [0.25, 0.3) is 0 Å². The molecule has 6 nitrogen and oxygen atoms in total. The van der Waals surface area contributed by atoms with Gasteiger partial charge in [-0.05, 0) is 44.0 Å². The van der Waals surface area contributed by atoms with Gasteiger partial charge in [0.05, 0.1) is 11.5 Å². The molecule has 1 aliphatic rings. The number of amides is 1. The van der Waals surface area contributed by atoms with E-state index in [1.54, 1.807) is 12.1 Å². The Kier molecular flexibility index (Phi) is 5.94. The van der Waals surface area contributed by atoms with Crippen molar-refractivity contribution < 1.29 is 31.1 Å². The Bertz CT molecular complexity index is 696. The van der Waals surface area contributed by atoms with Crippen LogP contribution in [-0.4, -0.2) is 50.5 Å². The van der Waals surface area contributed by atoms with Gasteiger partial charge in [-0.3, -0.25) is 4.79 Å². The summed E-state index contributed by atoms with van der Waals surface area (Å²) in [7, 11) is -3.73. The van der Waals surface area contributed by atoms with Crippen LogP contribution in [0.4, 0.5) is 13.2 Å². The average molecular weight is 380 g/mol. The molecule has 1 aromatic carbocycles. The molecule has 0 bridgehead atoms. The number of benzene rings is 1. The summed E-state index contributed by atoms with van der Waals surface area (Å²) in [5.74, 6) is -1.45. The molecule has 1 aliphatic heterocycles. The van der Waals surface area contributed by atoms with Gasteiger partial charge in [0, 0.05) is 19.1 Å². The van der Waals surface area contributed by atoms with Crippen LogP contribution < -0.4 is 10.1 Å². The molecule has 0 saturated carbocycles. The molecule has 0 aliphatic carbocycles. The van der Waals surface area contributed by atoms with Crippen molar-refractivity contribution in [2.75, 3.05) is 19.7 Å². The minimum atomic E-state index is -4.94. The Morgan fingerprint density at radius 1 is 1.24 bits per heavy atom. The summed E-state index contributed by atoms with van der Waals surface area (Å²) >= 11 is 0. The minimum absolute atomic E-state index is 0.0400. The standard InChI is InChI=1S/C15H19F3N2O4S/c1-2-24-12-3-5-13(6-4-12)25(22,23)20-9-7-11(8-10-20)19-14(21)15(16,17)18/h3-6,11H,2,7-10H2,1H3,(H,19,21). The second-order valence-electron chi connectivity index (χ2n) is 5.55. The number of carbonyl (C=O) groups excluding carboxylic acids is 1. The zero-order valence-corrected chi connectivity index (χ0v) is 14.4. The largest absolute Gasteiger partial charge is 0.494 e. The lowest BCUT2D eigenvalue weighted by Gasteiger charge is -2.31. The number of nitrogens with zero attached hydrogens (tertiary/aromatic N) is 1. The molecule has 0 unspecified atom stereocenters. The molecule has 1 N–H and O–H groups in total. The molecule has 1 aromatic rings. The summed E-state index contributed by atoms with van der Waals surface area (Å²) in [6.45, 7) is 2.35. The quantitative estimate of drug-likeness (QED) is 0.847. The Balaban J connectivity index is 1.98. The molecule has 1 amide bonds. The Labute approximate surface area is 144 Å². The summed E-state index contributed by atoms with van der Waals surface area (Å²) in [4.78, 5) is 11.0. The van der Waals surface area contributed by atoms with E-state index in [4.69, 9.17) is 4.74 Å². The van der Waals surface area contributed by atoms with Crippen LogP contribution in [0.5, 0.6) is 5.75 Å². The highest BCUT2D eigenvalue weighted by molar-refractivity contribution is 7.89. The molecule has 0 aromatic heterocycles. The summed E-state index contributed by atoms with van der Waals surface area (Å²) in [5, 5.41) is 1.89. The second-order valence-corrected chi connectivity index (χ2v) is 7.49. The Morgan fingerprint density at radius 2 is 1.80 bits per heavy atom. The van der Waals surface area contributed by atoms with Crippen molar-refractivity contribution in [2.45, 2.75) is 36.9 Å². The van der Waals surface area contributed by atoms with Crippen LogP contribution >= 0.6 is 0 Å². The topological polar surface area (TPSA) is 75.7 Å². The van der Waals surface area contributed by atoms with Crippen LogP contribution in [-0.2, 0) is 14.8 Å². The fourth-order valence-corrected chi connectivity index (χ4v) is 4.00. The van der Waals surface area contributed by atoms with Crippen LogP contribution in [0.15, 0.2) is 29.2 Å². The van der Waals surface area contributed by atoms with Gasteiger partial charge in [0.1, 0.15) is 5.75 Å². The van der Waals surface area contributed by atoms with Crippen molar-refractivity contribution in [2.24, 2.45) is 0 Å². The third-order valence-electron chi connectivity index (χ3n) is 3.82. The zero-order chi connectivity index (χ0) is 18.7. The van der Waals surface area contributed by atoms with E-state index in [0.717, 1.165) is 0 Å².